The van der Waals surface area contributed by atoms with Gasteiger partial charge in [-0.1, -0.05) is 39.0 Å². The molecule has 0 aromatic heterocycles. The Kier molecular flexibility index (Phi) is 5.86. The summed E-state index contributed by atoms with van der Waals surface area (Å²) >= 11 is 0. The van der Waals surface area contributed by atoms with Crippen LogP contribution in [0.25, 0.3) is 0 Å². The van der Waals surface area contributed by atoms with Crippen LogP contribution in [0.5, 0.6) is 0 Å². The first kappa shape index (κ1) is 14.7. The molecule has 18 heavy (non-hydrogen) atoms. The van der Waals surface area contributed by atoms with Crippen molar-refractivity contribution in [3.63, 3.8) is 0 Å². The molecule has 0 spiro atoms. The molecule has 1 rings (SSSR count). The molecular formula is C15H24N2O. The molecule has 2 N–H and O–H groups in total. The van der Waals surface area contributed by atoms with E-state index in [0.29, 0.717) is 12.0 Å². The highest BCUT2D eigenvalue weighted by molar-refractivity contribution is 5.94. The number of hydrogen-bond acceptors (Lipinski definition) is 2. The summed E-state index contributed by atoms with van der Waals surface area (Å²) in [6.07, 6.45) is 1.03. The highest BCUT2D eigenvalue weighted by atomic mass is 16.2. The molecule has 2 unspecified atom stereocenters. The summed E-state index contributed by atoms with van der Waals surface area (Å²) in [5.41, 5.74) is 0.841. The van der Waals surface area contributed by atoms with Crippen molar-refractivity contribution in [3.8, 4) is 0 Å². The summed E-state index contributed by atoms with van der Waals surface area (Å²) in [6, 6.07) is 9.74. The van der Waals surface area contributed by atoms with Crippen molar-refractivity contribution in [1.82, 2.24) is 5.32 Å². The van der Waals surface area contributed by atoms with Crippen molar-refractivity contribution in [3.05, 3.63) is 30.3 Å². The van der Waals surface area contributed by atoms with Crippen molar-refractivity contribution in [2.75, 3.05) is 5.32 Å². The minimum absolute atomic E-state index is 0.0142. The topological polar surface area (TPSA) is 41.1 Å². The van der Waals surface area contributed by atoms with E-state index >= 15 is 0 Å². The van der Waals surface area contributed by atoms with Gasteiger partial charge in [0.25, 0.3) is 0 Å². The molecule has 0 radical (unpaired) electrons. The number of carbonyl (C=O) groups is 1. The zero-order valence-corrected chi connectivity index (χ0v) is 11.7. The number of benzene rings is 1. The molecule has 2 atom stereocenters. The third-order valence-electron chi connectivity index (χ3n) is 3.14. The van der Waals surface area contributed by atoms with Gasteiger partial charge in [0.2, 0.25) is 5.91 Å². The first-order valence-corrected chi connectivity index (χ1v) is 6.66. The minimum atomic E-state index is -0.183. The molecule has 3 heteroatoms. The number of carbonyl (C=O) groups excluding carboxylic acids is 1. The van der Waals surface area contributed by atoms with E-state index in [1.807, 2.05) is 37.3 Å². The molecule has 0 saturated heterocycles. The minimum Gasteiger partial charge on any atom is -0.325 e. The lowest BCUT2D eigenvalue weighted by Crippen LogP contribution is -2.45. The fourth-order valence-electron chi connectivity index (χ4n) is 1.95. The standard InChI is InChI=1S/C15H24N2O/c1-5-14(11(2)3)16-12(4)15(18)17-13-9-7-6-8-10-13/h6-12,14,16H,5H2,1-4H3,(H,17,18). The van der Waals surface area contributed by atoms with E-state index < -0.39 is 0 Å². The van der Waals surface area contributed by atoms with Crippen LogP contribution < -0.4 is 10.6 Å². The van der Waals surface area contributed by atoms with Gasteiger partial charge in [0.05, 0.1) is 6.04 Å². The Labute approximate surface area is 110 Å². The first-order chi connectivity index (χ1) is 8.54. The molecular weight excluding hydrogens is 224 g/mol. The second-order valence-corrected chi connectivity index (χ2v) is 5.00. The Morgan fingerprint density at radius 3 is 2.28 bits per heavy atom. The van der Waals surface area contributed by atoms with Crippen LogP contribution in [0.1, 0.15) is 34.1 Å². The van der Waals surface area contributed by atoms with E-state index in [4.69, 9.17) is 0 Å². The Balaban J connectivity index is 2.51. The summed E-state index contributed by atoms with van der Waals surface area (Å²) in [5, 5.41) is 6.28. The lowest BCUT2D eigenvalue weighted by molar-refractivity contribution is -0.118. The van der Waals surface area contributed by atoms with E-state index in [2.05, 4.69) is 31.4 Å². The summed E-state index contributed by atoms with van der Waals surface area (Å²) in [5.74, 6) is 0.544. The third-order valence-corrected chi connectivity index (χ3v) is 3.14. The molecule has 3 nitrogen and oxygen atoms in total. The smallest absolute Gasteiger partial charge is 0.241 e. The Bertz CT molecular complexity index is 362. The highest BCUT2D eigenvalue weighted by Gasteiger charge is 2.18. The van der Waals surface area contributed by atoms with E-state index in [0.717, 1.165) is 12.1 Å². The van der Waals surface area contributed by atoms with E-state index in [-0.39, 0.29) is 11.9 Å². The monoisotopic (exact) mass is 248 g/mol. The molecule has 1 amide bonds. The number of hydrogen-bond donors (Lipinski definition) is 2. The van der Waals surface area contributed by atoms with Gasteiger partial charge in [-0.3, -0.25) is 4.79 Å². The number of para-hydroxylation sites is 1. The van der Waals surface area contributed by atoms with Crippen LogP contribution in [0.15, 0.2) is 30.3 Å². The van der Waals surface area contributed by atoms with Crippen molar-refractivity contribution in [1.29, 1.82) is 0 Å². The number of anilines is 1. The van der Waals surface area contributed by atoms with Gasteiger partial charge in [-0.25, -0.2) is 0 Å². The number of rotatable bonds is 6. The highest BCUT2D eigenvalue weighted by Crippen LogP contribution is 2.09. The van der Waals surface area contributed by atoms with E-state index in [1.165, 1.54) is 0 Å². The fraction of sp³-hybridized carbons (Fsp3) is 0.533. The Morgan fingerprint density at radius 1 is 1.17 bits per heavy atom. The quantitative estimate of drug-likeness (QED) is 0.812. The summed E-state index contributed by atoms with van der Waals surface area (Å²) < 4.78 is 0. The summed E-state index contributed by atoms with van der Waals surface area (Å²) in [6.45, 7) is 8.38. The maximum atomic E-state index is 12.0. The van der Waals surface area contributed by atoms with E-state index in [1.54, 1.807) is 0 Å². The molecule has 1 aromatic rings. The molecule has 0 aliphatic rings. The maximum absolute atomic E-state index is 12.0. The maximum Gasteiger partial charge on any atom is 0.241 e. The largest absolute Gasteiger partial charge is 0.325 e. The molecule has 100 valence electrons. The molecule has 1 aromatic carbocycles. The molecule has 0 fully saturated rings. The SMILES string of the molecule is CCC(NC(C)C(=O)Nc1ccccc1)C(C)C. The second-order valence-electron chi connectivity index (χ2n) is 5.00. The normalized spacial score (nSPS) is 14.3. The molecule has 0 aliphatic carbocycles. The zero-order valence-electron chi connectivity index (χ0n) is 11.7. The van der Waals surface area contributed by atoms with Crippen LogP contribution in [0.4, 0.5) is 5.69 Å². The average Bonchev–Trinajstić information content (AvgIpc) is 2.36. The number of amides is 1. The van der Waals surface area contributed by atoms with Crippen LogP contribution in [0.2, 0.25) is 0 Å². The predicted octanol–water partition coefficient (Wildman–Crippen LogP) is 3.04. The molecule has 0 heterocycles. The first-order valence-electron chi connectivity index (χ1n) is 6.66. The van der Waals surface area contributed by atoms with Crippen molar-refractivity contribution >= 4 is 11.6 Å². The van der Waals surface area contributed by atoms with E-state index in [9.17, 15) is 4.79 Å². The number of nitrogens with one attached hydrogen (secondary N) is 2. The Morgan fingerprint density at radius 2 is 1.78 bits per heavy atom. The average molecular weight is 248 g/mol. The zero-order chi connectivity index (χ0) is 13.5. The van der Waals surface area contributed by atoms with Crippen LogP contribution in [-0.2, 0) is 4.79 Å². The van der Waals surface area contributed by atoms with Crippen LogP contribution in [-0.4, -0.2) is 18.0 Å². The molecule has 0 aliphatic heterocycles. The molecule has 0 bridgehead atoms. The lowest BCUT2D eigenvalue weighted by Gasteiger charge is -2.24. The van der Waals surface area contributed by atoms with Gasteiger partial charge in [-0.15, -0.1) is 0 Å². The fourth-order valence-corrected chi connectivity index (χ4v) is 1.95. The molecule has 0 saturated carbocycles. The predicted molar refractivity (Wildman–Crippen MR) is 76.6 cm³/mol. The summed E-state index contributed by atoms with van der Waals surface area (Å²) in [4.78, 5) is 12.0. The van der Waals surface area contributed by atoms with Gasteiger partial charge >= 0.3 is 0 Å². The van der Waals surface area contributed by atoms with Crippen LogP contribution in [0, 0.1) is 5.92 Å². The van der Waals surface area contributed by atoms with Crippen LogP contribution >= 0.6 is 0 Å². The lowest BCUT2D eigenvalue weighted by atomic mass is 10.0. The third kappa shape index (κ3) is 4.49. The van der Waals surface area contributed by atoms with Crippen LogP contribution in [0.3, 0.4) is 0 Å². The van der Waals surface area contributed by atoms with Gasteiger partial charge in [0.1, 0.15) is 0 Å². The van der Waals surface area contributed by atoms with Gasteiger partial charge < -0.3 is 10.6 Å². The van der Waals surface area contributed by atoms with Gasteiger partial charge in [-0.2, -0.15) is 0 Å². The second kappa shape index (κ2) is 7.17. The van der Waals surface area contributed by atoms with Gasteiger partial charge in [-0.05, 0) is 31.4 Å². The summed E-state index contributed by atoms with van der Waals surface area (Å²) in [7, 11) is 0. The van der Waals surface area contributed by atoms with Gasteiger partial charge in [0, 0.05) is 11.7 Å². The van der Waals surface area contributed by atoms with Crippen molar-refractivity contribution in [2.24, 2.45) is 5.92 Å². The van der Waals surface area contributed by atoms with Crippen molar-refractivity contribution in [2.45, 2.75) is 46.2 Å². The Hall–Kier alpha value is -1.35. The van der Waals surface area contributed by atoms with Crippen molar-refractivity contribution < 1.29 is 4.79 Å². The van der Waals surface area contributed by atoms with Gasteiger partial charge in [0.15, 0.2) is 0 Å².